The molecule has 164 valence electrons. The Morgan fingerprint density at radius 2 is 1.91 bits per heavy atom. The number of para-hydroxylation sites is 2. The normalized spacial score (nSPS) is 14.7. The zero-order chi connectivity index (χ0) is 21.9. The summed E-state index contributed by atoms with van der Waals surface area (Å²) in [5.41, 5.74) is 2.75. The summed E-state index contributed by atoms with van der Waals surface area (Å²) in [6.07, 6.45) is 2.39. The van der Waals surface area contributed by atoms with Crippen LogP contribution in [0.1, 0.15) is 35.2 Å². The summed E-state index contributed by atoms with van der Waals surface area (Å²) in [6.45, 7) is 1.43. The van der Waals surface area contributed by atoms with Crippen LogP contribution in [-0.2, 0) is 22.4 Å². The van der Waals surface area contributed by atoms with E-state index in [-0.39, 0.29) is 18.2 Å². The van der Waals surface area contributed by atoms with E-state index in [1.54, 1.807) is 11.3 Å². The Balaban J connectivity index is 1.12. The van der Waals surface area contributed by atoms with Gasteiger partial charge >= 0.3 is 0 Å². The molecule has 3 aromatic heterocycles. The lowest BCUT2D eigenvalue weighted by Gasteiger charge is -2.31. The molecular weight excluding hydrogens is 442 g/mol. The van der Waals surface area contributed by atoms with Crippen molar-refractivity contribution in [3.63, 3.8) is 0 Å². The van der Waals surface area contributed by atoms with Crippen LogP contribution in [-0.4, -0.2) is 44.8 Å². The molecule has 0 spiro atoms. The number of piperidine rings is 1. The third-order valence-corrected chi connectivity index (χ3v) is 7.37. The van der Waals surface area contributed by atoms with E-state index < -0.39 is 0 Å². The number of hydrogen-bond acceptors (Lipinski definition) is 6. The van der Waals surface area contributed by atoms with E-state index in [1.165, 1.54) is 11.3 Å². The molecule has 9 heteroatoms. The molecule has 1 saturated heterocycles. The number of thiophene rings is 1. The third kappa shape index (κ3) is 4.73. The van der Waals surface area contributed by atoms with Crippen molar-refractivity contribution in [2.24, 2.45) is 0 Å². The van der Waals surface area contributed by atoms with E-state index in [0.29, 0.717) is 23.2 Å². The van der Waals surface area contributed by atoms with Crippen LogP contribution in [0.2, 0.25) is 0 Å². The number of thiazole rings is 1. The molecule has 5 rings (SSSR count). The zero-order valence-electron chi connectivity index (χ0n) is 17.4. The number of carbonyl (C=O) groups is 2. The molecular formula is C23H23N5O2S2. The highest BCUT2D eigenvalue weighted by molar-refractivity contribution is 7.14. The second-order valence-electron chi connectivity index (χ2n) is 7.92. The number of hydrogen-bond donors (Lipinski definition) is 2. The maximum Gasteiger partial charge on any atom is 0.231 e. The van der Waals surface area contributed by atoms with Crippen molar-refractivity contribution in [1.82, 2.24) is 19.9 Å². The number of imidazole rings is 1. The van der Waals surface area contributed by atoms with Crippen LogP contribution in [0, 0.1) is 0 Å². The van der Waals surface area contributed by atoms with Gasteiger partial charge in [0.1, 0.15) is 5.82 Å². The van der Waals surface area contributed by atoms with Gasteiger partial charge in [0.2, 0.25) is 11.8 Å². The van der Waals surface area contributed by atoms with Crippen molar-refractivity contribution in [2.45, 2.75) is 31.6 Å². The number of benzene rings is 1. The SMILES string of the molecule is O=C(Cc1cccs1)Nc1nc(CC(=O)N2CCC(c3nc4ccccc4[nH]3)CC2)cs1. The molecule has 0 radical (unpaired) electrons. The van der Waals surface area contributed by atoms with Gasteiger partial charge in [0.15, 0.2) is 5.13 Å². The summed E-state index contributed by atoms with van der Waals surface area (Å²) in [6, 6.07) is 11.9. The van der Waals surface area contributed by atoms with E-state index in [9.17, 15) is 9.59 Å². The lowest BCUT2D eigenvalue weighted by molar-refractivity contribution is -0.131. The second kappa shape index (κ2) is 9.22. The van der Waals surface area contributed by atoms with Crippen molar-refractivity contribution < 1.29 is 9.59 Å². The number of aromatic nitrogens is 3. The fourth-order valence-corrected chi connectivity index (χ4v) is 5.45. The van der Waals surface area contributed by atoms with E-state index in [4.69, 9.17) is 4.98 Å². The highest BCUT2D eigenvalue weighted by atomic mass is 32.1. The molecule has 1 aliphatic rings. The van der Waals surface area contributed by atoms with E-state index >= 15 is 0 Å². The van der Waals surface area contributed by atoms with Gasteiger partial charge in [0.05, 0.1) is 29.6 Å². The predicted molar refractivity (Wildman–Crippen MR) is 127 cm³/mol. The first kappa shape index (κ1) is 20.8. The number of aromatic amines is 1. The fraction of sp³-hybridized carbons (Fsp3) is 0.304. The number of likely N-dealkylation sites (tertiary alicyclic amines) is 1. The molecule has 7 nitrogen and oxygen atoms in total. The Hall–Kier alpha value is -3.04. The van der Waals surface area contributed by atoms with Gasteiger partial charge in [-0.1, -0.05) is 18.2 Å². The van der Waals surface area contributed by atoms with Gasteiger partial charge in [0, 0.05) is 29.3 Å². The first-order valence-electron chi connectivity index (χ1n) is 10.6. The third-order valence-electron chi connectivity index (χ3n) is 5.69. The molecule has 1 fully saturated rings. The number of amides is 2. The monoisotopic (exact) mass is 465 g/mol. The van der Waals surface area contributed by atoms with Crippen LogP contribution in [0.15, 0.2) is 47.2 Å². The van der Waals surface area contributed by atoms with Gasteiger partial charge in [-0.15, -0.1) is 22.7 Å². The molecule has 4 aromatic rings. The molecule has 0 aliphatic carbocycles. The molecule has 0 bridgehead atoms. The van der Waals surface area contributed by atoms with E-state index in [2.05, 4.69) is 15.3 Å². The summed E-state index contributed by atoms with van der Waals surface area (Å²) in [5, 5.41) is 7.17. The van der Waals surface area contributed by atoms with Crippen molar-refractivity contribution in [2.75, 3.05) is 18.4 Å². The molecule has 1 aromatic carbocycles. The predicted octanol–water partition coefficient (Wildman–Crippen LogP) is 4.21. The first-order chi connectivity index (χ1) is 15.6. The van der Waals surface area contributed by atoms with Crippen molar-refractivity contribution >= 4 is 50.7 Å². The number of nitrogens with one attached hydrogen (secondary N) is 2. The molecule has 1 aliphatic heterocycles. The van der Waals surface area contributed by atoms with Crippen LogP contribution < -0.4 is 5.32 Å². The topological polar surface area (TPSA) is 91.0 Å². The molecule has 0 atom stereocenters. The number of carbonyl (C=O) groups excluding carboxylic acids is 2. The zero-order valence-corrected chi connectivity index (χ0v) is 19.0. The Morgan fingerprint density at radius 3 is 2.69 bits per heavy atom. The summed E-state index contributed by atoms with van der Waals surface area (Å²) < 4.78 is 0. The number of rotatable bonds is 6. The average molecular weight is 466 g/mol. The first-order valence-corrected chi connectivity index (χ1v) is 12.4. The van der Waals surface area contributed by atoms with Crippen molar-refractivity contribution in [3.8, 4) is 0 Å². The minimum atomic E-state index is -0.0904. The number of fused-ring (bicyclic) bond motifs is 1. The Labute approximate surface area is 193 Å². The van der Waals surface area contributed by atoms with Gasteiger partial charge in [-0.25, -0.2) is 9.97 Å². The van der Waals surface area contributed by atoms with Gasteiger partial charge in [-0.2, -0.15) is 0 Å². The van der Waals surface area contributed by atoms with Crippen LogP contribution in [0.25, 0.3) is 11.0 Å². The summed E-state index contributed by atoms with van der Waals surface area (Å²) >= 11 is 2.91. The smallest absolute Gasteiger partial charge is 0.231 e. The quantitative estimate of drug-likeness (QED) is 0.446. The van der Waals surface area contributed by atoms with E-state index in [0.717, 1.165) is 47.7 Å². The summed E-state index contributed by atoms with van der Waals surface area (Å²) in [5.74, 6) is 1.35. The minimum absolute atomic E-state index is 0.0785. The molecule has 0 unspecified atom stereocenters. The molecule has 0 saturated carbocycles. The standard InChI is InChI=1S/C23H23N5O2S2/c29-20(13-17-4-3-11-31-17)27-23-24-16(14-32-23)12-21(30)28-9-7-15(8-10-28)22-25-18-5-1-2-6-19(18)26-22/h1-6,11,14-15H,7-10,12-13H2,(H,25,26)(H,24,27,29). The van der Waals surface area contributed by atoms with Crippen molar-refractivity contribution in [1.29, 1.82) is 0 Å². The summed E-state index contributed by atoms with van der Waals surface area (Å²) in [7, 11) is 0. The largest absolute Gasteiger partial charge is 0.342 e. The molecule has 2 amide bonds. The second-order valence-corrected chi connectivity index (χ2v) is 9.81. The van der Waals surface area contributed by atoms with Crippen LogP contribution >= 0.6 is 22.7 Å². The fourth-order valence-electron chi connectivity index (χ4n) is 4.02. The van der Waals surface area contributed by atoms with Gasteiger partial charge < -0.3 is 15.2 Å². The maximum absolute atomic E-state index is 12.8. The van der Waals surface area contributed by atoms with Gasteiger partial charge in [-0.3, -0.25) is 9.59 Å². The van der Waals surface area contributed by atoms with Gasteiger partial charge in [-0.05, 0) is 36.4 Å². The summed E-state index contributed by atoms with van der Waals surface area (Å²) in [4.78, 5) is 40.4. The lowest BCUT2D eigenvalue weighted by Crippen LogP contribution is -2.39. The minimum Gasteiger partial charge on any atom is -0.342 e. The lowest BCUT2D eigenvalue weighted by atomic mass is 9.96. The maximum atomic E-state index is 12.8. The number of H-pyrrole nitrogens is 1. The van der Waals surface area contributed by atoms with Gasteiger partial charge in [0.25, 0.3) is 0 Å². The molecule has 4 heterocycles. The highest BCUT2D eigenvalue weighted by Crippen LogP contribution is 2.28. The number of nitrogens with zero attached hydrogens (tertiary/aromatic N) is 3. The Morgan fingerprint density at radius 1 is 1.06 bits per heavy atom. The molecule has 2 N–H and O–H groups in total. The highest BCUT2D eigenvalue weighted by Gasteiger charge is 2.26. The van der Waals surface area contributed by atoms with Crippen LogP contribution in [0.3, 0.4) is 0 Å². The Kier molecular flexibility index (Phi) is 6.00. The van der Waals surface area contributed by atoms with Crippen LogP contribution in [0.5, 0.6) is 0 Å². The Bertz CT molecular complexity index is 1190. The average Bonchev–Trinajstić information content (AvgIpc) is 3.55. The number of anilines is 1. The van der Waals surface area contributed by atoms with E-state index in [1.807, 2.05) is 52.1 Å². The van der Waals surface area contributed by atoms with Crippen LogP contribution in [0.4, 0.5) is 5.13 Å². The molecule has 32 heavy (non-hydrogen) atoms. The van der Waals surface area contributed by atoms with Crippen molar-refractivity contribution in [3.05, 3.63) is 63.6 Å².